The van der Waals surface area contributed by atoms with E-state index in [0.717, 1.165) is 36.4 Å². The van der Waals surface area contributed by atoms with Gasteiger partial charge in [0.1, 0.15) is 0 Å². The number of ether oxygens (including phenoxy) is 2. The van der Waals surface area contributed by atoms with Crippen molar-refractivity contribution in [2.24, 2.45) is 5.92 Å². The summed E-state index contributed by atoms with van der Waals surface area (Å²) < 4.78 is 38.7. The number of carbonyl (C=O) groups is 1. The molecule has 1 amide bonds. The second-order valence-electron chi connectivity index (χ2n) is 9.48. The van der Waals surface area contributed by atoms with Gasteiger partial charge in [-0.25, -0.2) is 8.42 Å². The van der Waals surface area contributed by atoms with Gasteiger partial charge in [-0.15, -0.1) is 0 Å². The Morgan fingerprint density at radius 1 is 0.971 bits per heavy atom. The fourth-order valence-corrected chi connectivity index (χ4v) is 6.47. The molecule has 0 saturated carbocycles. The van der Waals surface area contributed by atoms with Gasteiger partial charge in [0.05, 0.1) is 15.5 Å². The Morgan fingerprint density at radius 2 is 1.69 bits per heavy atom. The number of benzene rings is 2. The third-order valence-electron chi connectivity index (χ3n) is 7.05. The van der Waals surface area contributed by atoms with E-state index in [9.17, 15) is 13.2 Å². The van der Waals surface area contributed by atoms with E-state index in [1.54, 1.807) is 4.90 Å². The number of piperazine rings is 1. The molecule has 0 bridgehead atoms. The summed E-state index contributed by atoms with van der Waals surface area (Å²) in [7, 11) is -3.66. The number of sulfonamides is 1. The molecule has 8 nitrogen and oxygen atoms in total. The molecule has 0 atom stereocenters. The lowest BCUT2D eigenvalue weighted by molar-refractivity contribution is 0.0628. The average molecular weight is 520 g/mol. The van der Waals surface area contributed by atoms with E-state index in [0.29, 0.717) is 45.2 Å². The van der Waals surface area contributed by atoms with Gasteiger partial charge in [-0.2, -0.15) is 4.31 Å². The second kappa shape index (κ2) is 9.97. The molecule has 0 radical (unpaired) electrons. The first kappa shape index (κ1) is 24.4. The Hall–Kier alpha value is -2.33. The van der Waals surface area contributed by atoms with Crippen molar-refractivity contribution in [3.8, 4) is 11.5 Å². The van der Waals surface area contributed by atoms with E-state index in [2.05, 4.69) is 11.8 Å². The molecule has 3 heterocycles. The minimum atomic E-state index is -3.66. The molecule has 0 aliphatic carbocycles. The minimum Gasteiger partial charge on any atom is -0.454 e. The van der Waals surface area contributed by atoms with Crippen molar-refractivity contribution in [2.75, 3.05) is 46.1 Å². The summed E-state index contributed by atoms with van der Waals surface area (Å²) in [5, 5.41) is 0.268. The van der Waals surface area contributed by atoms with Gasteiger partial charge in [0, 0.05) is 45.8 Å². The van der Waals surface area contributed by atoms with E-state index < -0.39 is 10.0 Å². The van der Waals surface area contributed by atoms with Crippen LogP contribution in [0.2, 0.25) is 5.02 Å². The van der Waals surface area contributed by atoms with Gasteiger partial charge >= 0.3 is 0 Å². The summed E-state index contributed by atoms with van der Waals surface area (Å²) >= 11 is 6.36. The average Bonchev–Trinajstić information content (AvgIpc) is 3.32. The number of nitrogens with zero attached hydrogens (tertiary/aromatic N) is 3. The molecule has 0 aromatic heterocycles. The Kier molecular flexibility index (Phi) is 6.94. The third-order valence-corrected chi connectivity index (χ3v) is 9.28. The maximum absolute atomic E-state index is 13.3. The zero-order valence-corrected chi connectivity index (χ0v) is 21.4. The van der Waals surface area contributed by atoms with Crippen molar-refractivity contribution in [3.63, 3.8) is 0 Å². The zero-order chi connectivity index (χ0) is 24.6. The first-order chi connectivity index (χ1) is 16.8. The molecule has 35 heavy (non-hydrogen) atoms. The van der Waals surface area contributed by atoms with E-state index in [1.165, 1.54) is 22.5 Å². The number of rotatable bonds is 5. The Balaban J connectivity index is 1.23. The van der Waals surface area contributed by atoms with Crippen molar-refractivity contribution in [3.05, 3.63) is 52.5 Å². The molecule has 10 heteroatoms. The lowest BCUT2D eigenvalue weighted by Gasteiger charge is -2.35. The molecule has 0 spiro atoms. The number of fused-ring (bicyclic) bond motifs is 1. The topological polar surface area (TPSA) is 79.4 Å². The highest BCUT2D eigenvalue weighted by Crippen LogP contribution is 2.33. The fraction of sp³-hybridized carbons (Fsp3) is 0.480. The van der Waals surface area contributed by atoms with Crippen LogP contribution in [-0.2, 0) is 16.6 Å². The van der Waals surface area contributed by atoms with Crippen LogP contribution in [0.25, 0.3) is 0 Å². The van der Waals surface area contributed by atoms with Crippen LogP contribution < -0.4 is 9.47 Å². The standard InChI is InChI=1S/C25H30ClN3O5S/c1-18-6-8-29(9-7-18)35(31,32)20-3-4-22(26)21(15-20)25(30)28-12-10-27(11-13-28)16-19-2-5-23-24(14-19)34-17-33-23/h2-5,14-15,18H,6-13,16-17H2,1H3. The maximum Gasteiger partial charge on any atom is 0.255 e. The van der Waals surface area contributed by atoms with Gasteiger partial charge < -0.3 is 14.4 Å². The van der Waals surface area contributed by atoms with E-state index in [1.807, 2.05) is 18.2 Å². The quantitative estimate of drug-likeness (QED) is 0.602. The smallest absolute Gasteiger partial charge is 0.255 e. The zero-order valence-electron chi connectivity index (χ0n) is 19.8. The SMILES string of the molecule is CC1CCN(S(=O)(=O)c2ccc(Cl)c(C(=O)N3CCN(Cc4ccc5c(c4)OCO5)CC3)c2)CC1. The molecule has 3 aliphatic heterocycles. The lowest BCUT2D eigenvalue weighted by Crippen LogP contribution is -2.48. The van der Waals surface area contributed by atoms with Crippen LogP contribution in [0.3, 0.4) is 0 Å². The normalized spacial score (nSPS) is 19.8. The summed E-state index contributed by atoms with van der Waals surface area (Å²) in [6.07, 6.45) is 1.68. The van der Waals surface area contributed by atoms with Crippen molar-refractivity contribution >= 4 is 27.5 Å². The van der Waals surface area contributed by atoms with Crippen LogP contribution in [0.1, 0.15) is 35.7 Å². The summed E-state index contributed by atoms with van der Waals surface area (Å²) in [4.78, 5) is 17.4. The van der Waals surface area contributed by atoms with Crippen LogP contribution in [-0.4, -0.2) is 74.5 Å². The van der Waals surface area contributed by atoms with E-state index in [4.69, 9.17) is 21.1 Å². The van der Waals surface area contributed by atoms with Crippen LogP contribution >= 0.6 is 11.6 Å². The van der Waals surface area contributed by atoms with Crippen LogP contribution in [0, 0.1) is 5.92 Å². The van der Waals surface area contributed by atoms with Gasteiger partial charge in [-0.3, -0.25) is 9.69 Å². The summed E-state index contributed by atoms with van der Waals surface area (Å²) in [5.74, 6) is 1.81. The Bertz CT molecular complexity index is 1210. The molecule has 188 valence electrons. The van der Waals surface area contributed by atoms with Crippen molar-refractivity contribution in [1.82, 2.24) is 14.1 Å². The van der Waals surface area contributed by atoms with Crippen molar-refractivity contribution in [2.45, 2.75) is 31.2 Å². The van der Waals surface area contributed by atoms with Gasteiger partial charge in [0.15, 0.2) is 11.5 Å². The van der Waals surface area contributed by atoms with Crippen molar-refractivity contribution < 1.29 is 22.7 Å². The molecule has 2 aromatic carbocycles. The lowest BCUT2D eigenvalue weighted by atomic mass is 10.0. The predicted octanol–water partition coefficient (Wildman–Crippen LogP) is 3.45. The number of hydrogen-bond acceptors (Lipinski definition) is 6. The number of amides is 1. The third kappa shape index (κ3) is 5.14. The number of piperidine rings is 1. The molecule has 0 N–H and O–H groups in total. The largest absolute Gasteiger partial charge is 0.454 e. The van der Waals surface area contributed by atoms with Crippen LogP contribution in [0.4, 0.5) is 0 Å². The van der Waals surface area contributed by atoms with Gasteiger partial charge in [0.25, 0.3) is 5.91 Å². The number of carbonyl (C=O) groups excluding carboxylic acids is 1. The van der Waals surface area contributed by atoms with E-state index >= 15 is 0 Å². The maximum atomic E-state index is 13.3. The highest BCUT2D eigenvalue weighted by atomic mass is 35.5. The number of halogens is 1. The van der Waals surface area contributed by atoms with Gasteiger partial charge in [0.2, 0.25) is 16.8 Å². The minimum absolute atomic E-state index is 0.126. The molecular formula is C25H30ClN3O5S. The predicted molar refractivity (Wildman–Crippen MR) is 132 cm³/mol. The summed E-state index contributed by atoms with van der Waals surface area (Å²) in [6.45, 7) is 6.65. The summed E-state index contributed by atoms with van der Waals surface area (Å²) in [6, 6.07) is 10.4. The number of hydrogen-bond donors (Lipinski definition) is 0. The molecule has 5 rings (SSSR count). The van der Waals surface area contributed by atoms with Crippen LogP contribution in [0.5, 0.6) is 11.5 Å². The second-order valence-corrected chi connectivity index (χ2v) is 11.8. The summed E-state index contributed by atoms with van der Waals surface area (Å²) in [5.41, 5.74) is 1.37. The first-order valence-corrected chi connectivity index (χ1v) is 13.8. The highest BCUT2D eigenvalue weighted by molar-refractivity contribution is 7.89. The monoisotopic (exact) mass is 519 g/mol. The first-order valence-electron chi connectivity index (χ1n) is 12.0. The molecular weight excluding hydrogens is 490 g/mol. The highest BCUT2D eigenvalue weighted by Gasteiger charge is 2.30. The molecule has 2 saturated heterocycles. The molecule has 2 fully saturated rings. The Morgan fingerprint density at radius 3 is 2.43 bits per heavy atom. The molecule has 2 aromatic rings. The molecule has 0 unspecified atom stereocenters. The molecule has 3 aliphatic rings. The van der Waals surface area contributed by atoms with Crippen molar-refractivity contribution in [1.29, 1.82) is 0 Å². The van der Waals surface area contributed by atoms with E-state index in [-0.39, 0.29) is 28.2 Å². The van der Waals surface area contributed by atoms with Gasteiger partial charge in [-0.05, 0) is 54.7 Å². The fourth-order valence-electron chi connectivity index (χ4n) is 4.78. The van der Waals surface area contributed by atoms with Crippen LogP contribution in [0.15, 0.2) is 41.3 Å². The Labute approximate surface area is 211 Å². The van der Waals surface area contributed by atoms with Gasteiger partial charge in [-0.1, -0.05) is 24.6 Å².